The molecule has 1 N–H and O–H groups in total. The van der Waals surface area contributed by atoms with Crippen molar-refractivity contribution in [3.63, 3.8) is 0 Å². The van der Waals surface area contributed by atoms with Crippen LogP contribution in [-0.2, 0) is 4.74 Å². The Morgan fingerprint density at radius 2 is 2.00 bits per heavy atom. The Labute approximate surface area is 124 Å². The van der Waals surface area contributed by atoms with Crippen LogP contribution in [0, 0.1) is 6.92 Å². The first kappa shape index (κ1) is 17.2. The van der Waals surface area contributed by atoms with E-state index in [4.69, 9.17) is 4.74 Å². The molecule has 1 aromatic rings. The Balaban J connectivity index is 2.63. The van der Waals surface area contributed by atoms with Crippen molar-refractivity contribution in [2.24, 2.45) is 0 Å². The van der Waals surface area contributed by atoms with Crippen LogP contribution in [0.15, 0.2) is 24.3 Å². The van der Waals surface area contributed by atoms with Crippen molar-refractivity contribution in [2.45, 2.75) is 58.9 Å². The van der Waals surface area contributed by atoms with E-state index in [1.165, 1.54) is 17.5 Å². The summed E-state index contributed by atoms with van der Waals surface area (Å²) in [6.45, 7) is 13.6. The van der Waals surface area contributed by atoms with Crippen LogP contribution in [0.5, 0.6) is 0 Å². The van der Waals surface area contributed by atoms with Gasteiger partial charge in [-0.15, -0.1) is 0 Å². The molecular formula is C18H31NO. The van der Waals surface area contributed by atoms with Crippen molar-refractivity contribution in [2.75, 3.05) is 19.8 Å². The van der Waals surface area contributed by atoms with Gasteiger partial charge in [0, 0.05) is 25.3 Å². The molecule has 1 unspecified atom stereocenters. The van der Waals surface area contributed by atoms with Gasteiger partial charge >= 0.3 is 0 Å². The van der Waals surface area contributed by atoms with Crippen LogP contribution in [0.25, 0.3) is 0 Å². The minimum absolute atomic E-state index is 0.169. The smallest absolute Gasteiger partial charge is 0.0466 e. The Morgan fingerprint density at radius 1 is 1.25 bits per heavy atom. The molecule has 1 atom stereocenters. The van der Waals surface area contributed by atoms with Gasteiger partial charge in [-0.2, -0.15) is 0 Å². The molecule has 0 bridgehead atoms. The molecule has 0 aliphatic heterocycles. The van der Waals surface area contributed by atoms with Gasteiger partial charge in [-0.1, -0.05) is 29.8 Å². The Morgan fingerprint density at radius 3 is 2.60 bits per heavy atom. The van der Waals surface area contributed by atoms with Gasteiger partial charge in [0.15, 0.2) is 0 Å². The van der Waals surface area contributed by atoms with Gasteiger partial charge in [-0.05, 0) is 58.9 Å². The summed E-state index contributed by atoms with van der Waals surface area (Å²) in [5.74, 6) is 0.564. The SMILES string of the molecule is CCOCCCC(CNC(C)(C)C)c1cccc(C)c1. The zero-order valence-corrected chi connectivity index (χ0v) is 13.8. The minimum Gasteiger partial charge on any atom is -0.382 e. The van der Waals surface area contributed by atoms with Crippen LogP contribution in [0.1, 0.15) is 57.6 Å². The maximum absolute atomic E-state index is 5.47. The van der Waals surface area contributed by atoms with Gasteiger partial charge in [0.25, 0.3) is 0 Å². The van der Waals surface area contributed by atoms with Crippen LogP contribution < -0.4 is 5.32 Å². The van der Waals surface area contributed by atoms with Gasteiger partial charge in [-0.3, -0.25) is 0 Å². The van der Waals surface area contributed by atoms with Crippen molar-refractivity contribution in [1.29, 1.82) is 0 Å². The number of hydrogen-bond donors (Lipinski definition) is 1. The first-order valence-corrected chi connectivity index (χ1v) is 7.81. The van der Waals surface area contributed by atoms with Crippen LogP contribution >= 0.6 is 0 Å². The first-order chi connectivity index (χ1) is 9.42. The normalized spacial score (nSPS) is 13.4. The highest BCUT2D eigenvalue weighted by atomic mass is 16.5. The molecule has 1 aromatic carbocycles. The lowest BCUT2D eigenvalue weighted by Crippen LogP contribution is -2.38. The van der Waals surface area contributed by atoms with Crippen molar-refractivity contribution in [1.82, 2.24) is 5.32 Å². The van der Waals surface area contributed by atoms with Gasteiger partial charge in [-0.25, -0.2) is 0 Å². The topological polar surface area (TPSA) is 21.3 Å². The summed E-state index contributed by atoms with van der Waals surface area (Å²) in [5, 5.41) is 3.64. The summed E-state index contributed by atoms with van der Waals surface area (Å²) < 4.78 is 5.47. The highest BCUT2D eigenvalue weighted by molar-refractivity contribution is 5.25. The summed E-state index contributed by atoms with van der Waals surface area (Å²) in [5.41, 5.74) is 2.95. The summed E-state index contributed by atoms with van der Waals surface area (Å²) in [7, 11) is 0. The third-order valence-electron chi connectivity index (χ3n) is 3.44. The fourth-order valence-corrected chi connectivity index (χ4v) is 2.32. The van der Waals surface area contributed by atoms with E-state index in [0.717, 1.165) is 26.2 Å². The molecule has 0 radical (unpaired) electrons. The number of ether oxygens (including phenoxy) is 1. The lowest BCUT2D eigenvalue weighted by atomic mass is 9.92. The average Bonchev–Trinajstić information content (AvgIpc) is 2.36. The molecular weight excluding hydrogens is 246 g/mol. The third-order valence-corrected chi connectivity index (χ3v) is 3.44. The van der Waals surface area contributed by atoms with E-state index in [0.29, 0.717) is 5.92 Å². The summed E-state index contributed by atoms with van der Waals surface area (Å²) in [6, 6.07) is 8.90. The fourth-order valence-electron chi connectivity index (χ4n) is 2.32. The number of aryl methyl sites for hydroxylation is 1. The van der Waals surface area contributed by atoms with E-state index in [9.17, 15) is 0 Å². The predicted octanol–water partition coefficient (Wildman–Crippen LogP) is 4.28. The van der Waals surface area contributed by atoms with Crippen molar-refractivity contribution in [3.8, 4) is 0 Å². The molecule has 0 spiro atoms. The molecule has 0 saturated carbocycles. The van der Waals surface area contributed by atoms with Crippen LogP contribution in [0.3, 0.4) is 0 Å². The number of rotatable bonds is 8. The second-order valence-corrected chi connectivity index (χ2v) is 6.58. The van der Waals surface area contributed by atoms with Gasteiger partial charge in [0.1, 0.15) is 0 Å². The zero-order chi connectivity index (χ0) is 15.0. The maximum Gasteiger partial charge on any atom is 0.0466 e. The van der Waals surface area contributed by atoms with Crippen molar-refractivity contribution < 1.29 is 4.74 Å². The third kappa shape index (κ3) is 7.06. The highest BCUT2D eigenvalue weighted by Crippen LogP contribution is 2.22. The van der Waals surface area contributed by atoms with E-state index < -0.39 is 0 Å². The molecule has 0 heterocycles. The van der Waals surface area contributed by atoms with Gasteiger partial charge in [0.05, 0.1) is 0 Å². The first-order valence-electron chi connectivity index (χ1n) is 7.81. The van der Waals surface area contributed by atoms with Gasteiger partial charge < -0.3 is 10.1 Å². The Hall–Kier alpha value is -0.860. The van der Waals surface area contributed by atoms with Crippen LogP contribution in [0.4, 0.5) is 0 Å². The average molecular weight is 277 g/mol. The number of nitrogens with one attached hydrogen (secondary N) is 1. The highest BCUT2D eigenvalue weighted by Gasteiger charge is 2.16. The minimum atomic E-state index is 0.169. The zero-order valence-electron chi connectivity index (χ0n) is 13.8. The molecule has 0 aliphatic rings. The quantitative estimate of drug-likeness (QED) is 0.716. The monoisotopic (exact) mass is 277 g/mol. The molecule has 0 aromatic heterocycles. The van der Waals surface area contributed by atoms with Crippen molar-refractivity contribution in [3.05, 3.63) is 35.4 Å². The Bertz CT molecular complexity index is 381. The van der Waals surface area contributed by atoms with E-state index in [1.807, 2.05) is 0 Å². The van der Waals surface area contributed by atoms with E-state index in [1.54, 1.807) is 0 Å². The van der Waals surface area contributed by atoms with Crippen molar-refractivity contribution >= 4 is 0 Å². The molecule has 0 fully saturated rings. The lowest BCUT2D eigenvalue weighted by molar-refractivity contribution is 0.141. The Kier molecular flexibility index (Phi) is 7.25. The molecule has 2 heteroatoms. The summed E-state index contributed by atoms with van der Waals surface area (Å²) in [4.78, 5) is 0. The van der Waals surface area contributed by atoms with Crippen LogP contribution in [0.2, 0.25) is 0 Å². The number of benzene rings is 1. The molecule has 0 amide bonds. The number of hydrogen-bond acceptors (Lipinski definition) is 2. The second-order valence-electron chi connectivity index (χ2n) is 6.58. The predicted molar refractivity (Wildman–Crippen MR) is 87.4 cm³/mol. The molecule has 0 aliphatic carbocycles. The molecule has 20 heavy (non-hydrogen) atoms. The molecule has 114 valence electrons. The lowest BCUT2D eigenvalue weighted by Gasteiger charge is -2.26. The fraction of sp³-hybridized carbons (Fsp3) is 0.667. The summed E-state index contributed by atoms with van der Waals surface area (Å²) >= 11 is 0. The maximum atomic E-state index is 5.47. The van der Waals surface area contributed by atoms with E-state index in [2.05, 4.69) is 64.2 Å². The molecule has 2 nitrogen and oxygen atoms in total. The summed E-state index contributed by atoms with van der Waals surface area (Å²) in [6.07, 6.45) is 2.30. The largest absolute Gasteiger partial charge is 0.382 e. The van der Waals surface area contributed by atoms with E-state index in [-0.39, 0.29) is 5.54 Å². The van der Waals surface area contributed by atoms with Crippen LogP contribution in [-0.4, -0.2) is 25.3 Å². The second kappa shape index (κ2) is 8.43. The standard InChI is InChI=1S/C18H31NO/c1-6-20-12-8-11-17(14-19-18(3,4)5)16-10-7-9-15(2)13-16/h7,9-10,13,17,19H,6,8,11-12,14H2,1-5H3. The molecule has 1 rings (SSSR count). The molecule has 0 saturated heterocycles. The van der Waals surface area contributed by atoms with Gasteiger partial charge in [0.2, 0.25) is 0 Å². The van der Waals surface area contributed by atoms with E-state index >= 15 is 0 Å².